The van der Waals surface area contributed by atoms with Crippen molar-refractivity contribution in [3.63, 3.8) is 0 Å². The Morgan fingerprint density at radius 1 is 1.23 bits per heavy atom. The Labute approximate surface area is 131 Å². The smallest absolute Gasteiger partial charge is 0.349 e. The molecule has 0 saturated carbocycles. The third kappa shape index (κ3) is 4.20. The zero-order chi connectivity index (χ0) is 16.1. The number of benzene rings is 2. The van der Waals surface area contributed by atoms with Crippen molar-refractivity contribution in [2.45, 2.75) is 6.92 Å². The fourth-order valence-corrected chi connectivity index (χ4v) is 1.79. The van der Waals surface area contributed by atoms with Crippen LogP contribution in [0.4, 0.5) is 5.69 Å². The molecule has 0 aromatic heterocycles. The number of hydrogen-bond acceptors (Lipinski definition) is 5. The normalized spacial score (nSPS) is 10.1. The molecule has 0 bridgehead atoms. The van der Waals surface area contributed by atoms with Crippen LogP contribution in [0.2, 0.25) is 5.02 Å². The summed E-state index contributed by atoms with van der Waals surface area (Å²) in [4.78, 5) is 21.7. The van der Waals surface area contributed by atoms with E-state index in [0.717, 1.165) is 5.56 Å². The maximum absolute atomic E-state index is 11.7. The summed E-state index contributed by atoms with van der Waals surface area (Å²) in [6.07, 6.45) is 0. The molecule has 0 unspecified atom stereocenters. The minimum absolute atomic E-state index is 0.0927. The summed E-state index contributed by atoms with van der Waals surface area (Å²) in [6.45, 7) is 1.50. The van der Waals surface area contributed by atoms with Crippen molar-refractivity contribution in [3.05, 3.63) is 63.2 Å². The number of nitro groups is 1. The van der Waals surface area contributed by atoms with Crippen molar-refractivity contribution in [1.82, 2.24) is 0 Å². The zero-order valence-corrected chi connectivity index (χ0v) is 12.4. The van der Waals surface area contributed by atoms with Crippen LogP contribution in [0.5, 0.6) is 11.5 Å². The number of carbonyl (C=O) groups is 1. The number of non-ortho nitro benzene ring substituents is 1. The second-order valence-electron chi connectivity index (χ2n) is 4.43. The van der Waals surface area contributed by atoms with Crippen LogP contribution in [-0.4, -0.2) is 17.5 Å². The average Bonchev–Trinajstić information content (AvgIpc) is 2.49. The molecule has 2 aromatic rings. The second kappa shape index (κ2) is 6.91. The molecule has 114 valence electrons. The Balaban J connectivity index is 1.94. The number of aryl methyl sites for hydroxylation is 1. The Morgan fingerprint density at radius 2 is 2.00 bits per heavy atom. The summed E-state index contributed by atoms with van der Waals surface area (Å²) in [6, 6.07) is 10.4. The highest BCUT2D eigenvalue weighted by Crippen LogP contribution is 2.22. The molecule has 6 nitrogen and oxygen atoms in total. The van der Waals surface area contributed by atoms with Gasteiger partial charge < -0.3 is 9.47 Å². The van der Waals surface area contributed by atoms with Gasteiger partial charge in [-0.25, -0.2) is 4.79 Å². The van der Waals surface area contributed by atoms with Crippen molar-refractivity contribution < 1.29 is 19.2 Å². The van der Waals surface area contributed by atoms with E-state index in [1.54, 1.807) is 18.2 Å². The van der Waals surface area contributed by atoms with Crippen molar-refractivity contribution >= 4 is 23.3 Å². The van der Waals surface area contributed by atoms with Gasteiger partial charge in [0.2, 0.25) is 0 Å². The van der Waals surface area contributed by atoms with Crippen molar-refractivity contribution in [1.29, 1.82) is 0 Å². The summed E-state index contributed by atoms with van der Waals surface area (Å²) in [5.41, 5.74) is 0.672. The van der Waals surface area contributed by atoms with Gasteiger partial charge in [-0.1, -0.05) is 17.7 Å². The maximum atomic E-state index is 11.7. The van der Waals surface area contributed by atoms with E-state index in [1.807, 2.05) is 6.92 Å². The first-order valence-corrected chi connectivity index (χ1v) is 6.67. The molecule has 0 spiro atoms. The lowest BCUT2D eigenvalue weighted by atomic mass is 10.2. The van der Waals surface area contributed by atoms with E-state index >= 15 is 0 Å². The van der Waals surface area contributed by atoms with Gasteiger partial charge in [-0.3, -0.25) is 10.1 Å². The molecular weight excluding hydrogens is 310 g/mol. The molecule has 22 heavy (non-hydrogen) atoms. The molecule has 0 aliphatic rings. The third-order valence-electron chi connectivity index (χ3n) is 2.75. The number of carbonyl (C=O) groups excluding carboxylic acids is 1. The van der Waals surface area contributed by atoms with Crippen LogP contribution >= 0.6 is 11.6 Å². The topological polar surface area (TPSA) is 78.7 Å². The minimum Gasteiger partial charge on any atom is -0.482 e. The van der Waals surface area contributed by atoms with Gasteiger partial charge in [0, 0.05) is 11.1 Å². The van der Waals surface area contributed by atoms with Crippen LogP contribution in [0.1, 0.15) is 5.56 Å². The van der Waals surface area contributed by atoms with Gasteiger partial charge in [0.1, 0.15) is 11.5 Å². The number of rotatable bonds is 5. The first kappa shape index (κ1) is 15.8. The van der Waals surface area contributed by atoms with Gasteiger partial charge in [-0.15, -0.1) is 0 Å². The molecule has 0 heterocycles. The summed E-state index contributed by atoms with van der Waals surface area (Å²) >= 11 is 5.89. The molecule has 0 saturated heterocycles. The third-order valence-corrected chi connectivity index (χ3v) is 3.17. The molecular formula is C15H12ClNO5. The van der Waals surface area contributed by atoms with E-state index in [0.29, 0.717) is 10.8 Å². The van der Waals surface area contributed by atoms with E-state index in [1.165, 1.54) is 24.3 Å². The van der Waals surface area contributed by atoms with Crippen molar-refractivity contribution in [3.8, 4) is 11.5 Å². The SMILES string of the molecule is Cc1cc(OCC(=O)Oc2cccc([N+](=O)[O-])c2)ccc1Cl. The second-order valence-corrected chi connectivity index (χ2v) is 4.84. The van der Waals surface area contributed by atoms with Crippen LogP contribution in [-0.2, 0) is 4.79 Å². The lowest BCUT2D eigenvalue weighted by Gasteiger charge is -2.08. The van der Waals surface area contributed by atoms with E-state index in [-0.39, 0.29) is 18.0 Å². The van der Waals surface area contributed by atoms with E-state index < -0.39 is 10.9 Å². The van der Waals surface area contributed by atoms with Gasteiger partial charge in [-0.2, -0.15) is 0 Å². The molecule has 0 aliphatic carbocycles. The summed E-state index contributed by atoms with van der Waals surface area (Å²) in [5, 5.41) is 11.2. The fourth-order valence-electron chi connectivity index (χ4n) is 1.67. The van der Waals surface area contributed by atoms with E-state index in [2.05, 4.69) is 0 Å². The average molecular weight is 322 g/mol. The number of nitro benzene ring substituents is 1. The highest BCUT2D eigenvalue weighted by atomic mass is 35.5. The van der Waals surface area contributed by atoms with Crippen molar-refractivity contribution in [2.24, 2.45) is 0 Å². The van der Waals surface area contributed by atoms with Gasteiger partial charge in [0.05, 0.1) is 11.0 Å². The summed E-state index contributed by atoms with van der Waals surface area (Å²) in [5.74, 6) is -0.0823. The first-order chi connectivity index (χ1) is 10.5. The Kier molecular flexibility index (Phi) is 4.95. The number of halogens is 1. The van der Waals surface area contributed by atoms with Crippen LogP contribution in [0.15, 0.2) is 42.5 Å². The number of nitrogens with zero attached hydrogens (tertiary/aromatic N) is 1. The Morgan fingerprint density at radius 3 is 2.68 bits per heavy atom. The monoisotopic (exact) mass is 321 g/mol. The highest BCUT2D eigenvalue weighted by molar-refractivity contribution is 6.31. The summed E-state index contributed by atoms with van der Waals surface area (Å²) < 4.78 is 10.3. The van der Waals surface area contributed by atoms with E-state index in [9.17, 15) is 14.9 Å². The quantitative estimate of drug-likeness (QED) is 0.364. The molecule has 2 rings (SSSR count). The molecule has 0 N–H and O–H groups in total. The van der Waals surface area contributed by atoms with Crippen LogP contribution in [0.25, 0.3) is 0 Å². The molecule has 0 fully saturated rings. The fraction of sp³-hybridized carbons (Fsp3) is 0.133. The maximum Gasteiger partial charge on any atom is 0.349 e. The lowest BCUT2D eigenvalue weighted by molar-refractivity contribution is -0.384. The first-order valence-electron chi connectivity index (χ1n) is 6.30. The molecule has 0 atom stereocenters. The Bertz CT molecular complexity index is 717. The Hall–Kier alpha value is -2.60. The minimum atomic E-state index is -0.659. The number of esters is 1. The predicted molar refractivity (Wildman–Crippen MR) is 80.4 cm³/mol. The van der Waals surface area contributed by atoms with Crippen LogP contribution in [0, 0.1) is 17.0 Å². The van der Waals surface area contributed by atoms with Gasteiger partial charge in [-0.05, 0) is 36.8 Å². The van der Waals surface area contributed by atoms with Crippen LogP contribution < -0.4 is 9.47 Å². The van der Waals surface area contributed by atoms with Crippen molar-refractivity contribution in [2.75, 3.05) is 6.61 Å². The van der Waals surface area contributed by atoms with Gasteiger partial charge in [0.15, 0.2) is 6.61 Å². The lowest BCUT2D eigenvalue weighted by Crippen LogP contribution is -2.17. The molecule has 0 radical (unpaired) electrons. The molecule has 2 aromatic carbocycles. The number of ether oxygens (including phenoxy) is 2. The largest absolute Gasteiger partial charge is 0.482 e. The summed E-state index contributed by atoms with van der Waals surface area (Å²) in [7, 11) is 0. The van der Waals surface area contributed by atoms with Gasteiger partial charge in [0.25, 0.3) is 5.69 Å². The zero-order valence-electron chi connectivity index (χ0n) is 11.6. The number of hydrogen-bond donors (Lipinski definition) is 0. The molecule has 7 heteroatoms. The van der Waals surface area contributed by atoms with Crippen LogP contribution in [0.3, 0.4) is 0 Å². The molecule has 0 aliphatic heterocycles. The predicted octanol–water partition coefficient (Wildman–Crippen LogP) is 3.54. The molecule has 0 amide bonds. The van der Waals surface area contributed by atoms with Gasteiger partial charge >= 0.3 is 5.97 Å². The highest BCUT2D eigenvalue weighted by Gasteiger charge is 2.11. The standard InChI is InChI=1S/C15H12ClNO5/c1-10-7-12(5-6-14(10)16)21-9-15(18)22-13-4-2-3-11(8-13)17(19)20/h2-8H,9H2,1H3. The van der Waals surface area contributed by atoms with E-state index in [4.69, 9.17) is 21.1 Å².